The van der Waals surface area contributed by atoms with Crippen molar-refractivity contribution in [2.75, 3.05) is 0 Å². The quantitative estimate of drug-likeness (QED) is 0.285. The molecular weight excluding hydrogens is 412 g/mol. The van der Waals surface area contributed by atoms with Gasteiger partial charge in [0.2, 0.25) is 0 Å². The maximum atomic E-state index is 14.3. The number of carbonyl (C=O) groups is 1. The van der Waals surface area contributed by atoms with Gasteiger partial charge in [-0.1, -0.05) is 20.8 Å². The van der Waals surface area contributed by atoms with Crippen molar-refractivity contribution in [1.29, 1.82) is 0 Å². The van der Waals surface area contributed by atoms with Crippen molar-refractivity contribution < 1.29 is 27.1 Å². The van der Waals surface area contributed by atoms with E-state index in [4.69, 9.17) is 11.2 Å². The van der Waals surface area contributed by atoms with Gasteiger partial charge in [-0.3, -0.25) is 4.79 Å². The first-order chi connectivity index (χ1) is 14.6. The van der Waals surface area contributed by atoms with Crippen LogP contribution in [0.4, 0.5) is 17.6 Å². The Balaban J connectivity index is 1.81. The van der Waals surface area contributed by atoms with Crippen LogP contribution in [0.5, 0.6) is 0 Å². The fraction of sp³-hybridized carbons (Fsp3) is 0.435. The van der Waals surface area contributed by atoms with E-state index < -0.39 is 59.3 Å². The average molecular weight is 434 g/mol. The summed E-state index contributed by atoms with van der Waals surface area (Å²) in [7, 11) is 0. The summed E-state index contributed by atoms with van der Waals surface area (Å²) in [4.78, 5) is 21.3. The van der Waals surface area contributed by atoms with E-state index in [1.807, 2.05) is 26.7 Å². The molecule has 0 bridgehead atoms. The Kier molecular flexibility index (Phi) is 6.35. The van der Waals surface area contributed by atoms with Gasteiger partial charge in [-0.15, -0.1) is 12.3 Å². The Morgan fingerprint density at radius 1 is 1.10 bits per heavy atom. The lowest BCUT2D eigenvalue weighted by molar-refractivity contribution is -0.147. The van der Waals surface area contributed by atoms with Crippen LogP contribution in [0.1, 0.15) is 62.0 Å². The number of terminal acetylenes is 1. The summed E-state index contributed by atoms with van der Waals surface area (Å²) >= 11 is 0. The number of ether oxygens (including phenoxy) is 1. The Bertz CT molecular complexity index is 1010. The molecule has 0 spiro atoms. The molecule has 0 radical (unpaired) electrons. The van der Waals surface area contributed by atoms with Crippen LogP contribution >= 0.6 is 0 Å². The van der Waals surface area contributed by atoms with E-state index in [0.29, 0.717) is 11.4 Å². The first kappa shape index (κ1) is 22.7. The zero-order valence-corrected chi connectivity index (χ0v) is 17.4. The van der Waals surface area contributed by atoms with E-state index in [9.17, 15) is 22.4 Å². The average Bonchev–Trinajstić information content (AvgIpc) is 3.54. The van der Waals surface area contributed by atoms with Gasteiger partial charge in [0.1, 0.15) is 12.4 Å². The zero-order valence-electron chi connectivity index (χ0n) is 17.4. The number of aromatic nitrogens is 2. The van der Waals surface area contributed by atoms with Crippen molar-refractivity contribution >= 4 is 5.97 Å². The molecule has 1 aromatic heterocycles. The molecule has 1 aromatic carbocycles. The highest BCUT2D eigenvalue weighted by Crippen LogP contribution is 2.43. The van der Waals surface area contributed by atoms with Crippen LogP contribution in [0.25, 0.3) is 0 Å². The van der Waals surface area contributed by atoms with Crippen LogP contribution in [-0.2, 0) is 28.0 Å². The van der Waals surface area contributed by atoms with Gasteiger partial charge in [0.05, 0.1) is 11.5 Å². The maximum Gasteiger partial charge on any atom is 0.314 e. The van der Waals surface area contributed by atoms with Crippen LogP contribution in [0.3, 0.4) is 0 Å². The van der Waals surface area contributed by atoms with Crippen LogP contribution in [0.2, 0.25) is 0 Å². The Morgan fingerprint density at radius 3 is 2.06 bits per heavy atom. The van der Waals surface area contributed by atoms with Gasteiger partial charge in [0.15, 0.2) is 23.3 Å². The first-order valence-electron chi connectivity index (χ1n) is 9.82. The zero-order chi connectivity index (χ0) is 22.9. The third-order valence-electron chi connectivity index (χ3n) is 5.13. The Hall–Kier alpha value is -2.95. The number of hydrogen-bond donors (Lipinski definition) is 0. The van der Waals surface area contributed by atoms with Gasteiger partial charge in [0.25, 0.3) is 0 Å². The second-order valence-corrected chi connectivity index (χ2v) is 8.61. The van der Waals surface area contributed by atoms with Gasteiger partial charge in [-0.25, -0.2) is 27.5 Å². The minimum atomic E-state index is -1.63. The number of benzene rings is 1. The molecule has 3 rings (SSSR count). The molecule has 4 nitrogen and oxygen atoms in total. The van der Waals surface area contributed by atoms with Gasteiger partial charge in [0, 0.05) is 35.4 Å². The van der Waals surface area contributed by atoms with E-state index in [2.05, 4.69) is 9.97 Å². The third kappa shape index (κ3) is 4.71. The lowest BCUT2D eigenvalue weighted by Gasteiger charge is -2.19. The Labute approximate surface area is 178 Å². The number of halogens is 4. The van der Waals surface area contributed by atoms with E-state index in [1.165, 1.54) is 12.4 Å². The largest absolute Gasteiger partial charge is 0.460 e. The highest BCUT2D eigenvalue weighted by atomic mass is 19.2. The van der Waals surface area contributed by atoms with Crippen LogP contribution in [-0.4, -0.2) is 15.9 Å². The molecule has 8 heteroatoms. The van der Waals surface area contributed by atoms with Crippen LogP contribution in [0.15, 0.2) is 12.4 Å². The molecule has 0 aliphatic heterocycles. The molecule has 2 aromatic rings. The molecule has 164 valence electrons. The second-order valence-electron chi connectivity index (χ2n) is 8.61. The Morgan fingerprint density at radius 2 is 1.61 bits per heavy atom. The summed E-state index contributed by atoms with van der Waals surface area (Å²) in [5.74, 6) is -5.40. The summed E-state index contributed by atoms with van der Waals surface area (Å²) in [5, 5.41) is 0. The van der Waals surface area contributed by atoms with Crippen LogP contribution in [0, 0.1) is 41.5 Å². The fourth-order valence-electron chi connectivity index (χ4n) is 3.26. The van der Waals surface area contributed by atoms with Gasteiger partial charge in [-0.05, 0) is 18.8 Å². The molecule has 0 amide bonds. The lowest BCUT2D eigenvalue weighted by atomic mass is 9.94. The lowest BCUT2D eigenvalue weighted by Crippen LogP contribution is -2.21. The first-order valence-corrected chi connectivity index (χ1v) is 9.82. The predicted molar refractivity (Wildman–Crippen MR) is 105 cm³/mol. The summed E-state index contributed by atoms with van der Waals surface area (Å²) < 4.78 is 61.8. The number of carbonyl (C=O) groups excluding carboxylic acids is 1. The van der Waals surface area contributed by atoms with Gasteiger partial charge in [-0.2, -0.15) is 0 Å². The van der Waals surface area contributed by atoms with Gasteiger partial charge < -0.3 is 4.74 Å². The smallest absolute Gasteiger partial charge is 0.314 e. The fourth-order valence-corrected chi connectivity index (χ4v) is 3.26. The summed E-state index contributed by atoms with van der Waals surface area (Å²) in [6.45, 7) is 4.89. The highest BCUT2D eigenvalue weighted by Gasteiger charge is 2.39. The van der Waals surface area contributed by atoms with E-state index in [-0.39, 0.29) is 11.3 Å². The van der Waals surface area contributed by atoms with Crippen molar-refractivity contribution in [2.45, 2.75) is 58.0 Å². The number of hydrogen-bond acceptors (Lipinski definition) is 4. The SMILES string of the molecule is C#CCc1c(F)c(F)c(COC(=O)C(c2cnc(C(C)(C)C)nc2)C2CC2)c(F)c1F. The molecule has 1 unspecified atom stereocenters. The van der Waals surface area contributed by atoms with Crippen LogP contribution < -0.4 is 0 Å². The molecule has 1 aliphatic carbocycles. The topological polar surface area (TPSA) is 52.1 Å². The molecule has 1 saturated carbocycles. The minimum absolute atomic E-state index is 0.0160. The number of esters is 1. The molecular formula is C23H22F4N2O2. The van der Waals surface area contributed by atoms with E-state index in [1.54, 1.807) is 0 Å². The number of rotatable bonds is 6. The van der Waals surface area contributed by atoms with Crippen molar-refractivity contribution in [2.24, 2.45) is 5.92 Å². The molecule has 1 atom stereocenters. The summed E-state index contributed by atoms with van der Waals surface area (Å²) in [6.07, 6.45) is 8.98. The molecule has 1 heterocycles. The maximum absolute atomic E-state index is 14.3. The summed E-state index contributed by atoms with van der Waals surface area (Å²) in [6, 6.07) is 0. The molecule has 1 aliphatic rings. The minimum Gasteiger partial charge on any atom is -0.460 e. The molecule has 31 heavy (non-hydrogen) atoms. The van der Waals surface area contributed by atoms with Crippen molar-refractivity contribution in [3.05, 3.63) is 58.2 Å². The van der Waals surface area contributed by atoms with Crippen molar-refractivity contribution in [3.63, 3.8) is 0 Å². The van der Waals surface area contributed by atoms with Gasteiger partial charge >= 0.3 is 5.97 Å². The second kappa shape index (κ2) is 8.66. The predicted octanol–water partition coefficient (Wildman–Crippen LogP) is 4.74. The standard InChI is InChI=1S/C23H22F4N2O2/c1-5-6-14-17(24)19(26)15(20(27)18(14)25)11-31-21(30)16(12-7-8-12)13-9-28-22(29-10-13)23(2,3)4/h1,9-10,12,16H,6-8,11H2,2-4H3. The van der Waals surface area contributed by atoms with Crippen molar-refractivity contribution in [1.82, 2.24) is 9.97 Å². The normalized spacial score (nSPS) is 14.8. The highest BCUT2D eigenvalue weighted by molar-refractivity contribution is 5.78. The monoisotopic (exact) mass is 434 g/mol. The molecule has 0 N–H and O–H groups in total. The summed E-state index contributed by atoms with van der Waals surface area (Å²) in [5.41, 5.74) is -1.64. The number of nitrogens with zero attached hydrogens (tertiary/aromatic N) is 2. The van der Waals surface area contributed by atoms with E-state index in [0.717, 1.165) is 12.8 Å². The molecule has 0 saturated heterocycles. The third-order valence-corrected chi connectivity index (χ3v) is 5.13. The van der Waals surface area contributed by atoms with Crippen molar-refractivity contribution in [3.8, 4) is 12.3 Å². The van der Waals surface area contributed by atoms with E-state index >= 15 is 0 Å². The molecule has 1 fully saturated rings.